The summed E-state index contributed by atoms with van der Waals surface area (Å²) in [6.45, 7) is 0. The molecule has 0 spiro atoms. The van der Waals surface area contributed by atoms with Gasteiger partial charge in [0.05, 0.1) is 15.0 Å². The number of non-ortho nitro benzene ring substituents is 1. The van der Waals surface area contributed by atoms with Crippen molar-refractivity contribution in [1.82, 2.24) is 0 Å². The Bertz CT molecular complexity index is 724. The molecule has 0 fully saturated rings. The molecule has 1 N–H and O–H groups in total. The van der Waals surface area contributed by atoms with Crippen molar-refractivity contribution >= 4 is 52.4 Å². The van der Waals surface area contributed by atoms with Gasteiger partial charge in [-0.3, -0.25) is 15.1 Å². The van der Waals surface area contributed by atoms with Crippen LogP contribution < -0.4 is 0 Å². The highest BCUT2D eigenvalue weighted by Gasteiger charge is 2.10. The lowest BCUT2D eigenvalue weighted by atomic mass is 10.2. The molecule has 5 nitrogen and oxygen atoms in total. The normalized spacial score (nSPS) is 11.0. The summed E-state index contributed by atoms with van der Waals surface area (Å²) in [6, 6.07) is 6.53. The van der Waals surface area contributed by atoms with Crippen LogP contribution >= 0.6 is 34.8 Å². The third-order valence-corrected chi connectivity index (χ3v) is 3.33. The van der Waals surface area contributed by atoms with Crippen LogP contribution in [0.5, 0.6) is 5.75 Å². The maximum Gasteiger partial charge on any atom is 0.270 e. The number of nitro groups is 1. The molecule has 0 heterocycles. The lowest BCUT2D eigenvalue weighted by Crippen LogP contribution is -1.90. The minimum Gasteiger partial charge on any atom is -0.507 e. The monoisotopic (exact) mass is 344 g/mol. The maximum atomic E-state index is 10.7. The van der Waals surface area contributed by atoms with Crippen LogP contribution in [0.4, 0.5) is 11.4 Å². The second-order valence-electron chi connectivity index (χ2n) is 3.98. The average molecular weight is 346 g/mol. The molecule has 0 aromatic heterocycles. The second-order valence-corrected chi connectivity index (χ2v) is 5.23. The minimum atomic E-state index is -0.570. The smallest absolute Gasteiger partial charge is 0.270 e. The van der Waals surface area contributed by atoms with Crippen molar-refractivity contribution in [3.8, 4) is 5.75 Å². The van der Waals surface area contributed by atoms with E-state index >= 15 is 0 Å². The van der Waals surface area contributed by atoms with Gasteiger partial charge in [-0.1, -0.05) is 34.8 Å². The summed E-state index contributed by atoms with van der Waals surface area (Å²) in [5.41, 5.74) is 0.266. The molecule has 21 heavy (non-hydrogen) atoms. The van der Waals surface area contributed by atoms with E-state index in [-0.39, 0.29) is 32.7 Å². The van der Waals surface area contributed by atoms with Gasteiger partial charge in [0.1, 0.15) is 11.4 Å². The first-order valence-electron chi connectivity index (χ1n) is 5.54. The van der Waals surface area contributed by atoms with Gasteiger partial charge in [-0.15, -0.1) is 0 Å². The summed E-state index contributed by atoms with van der Waals surface area (Å²) >= 11 is 17.7. The SMILES string of the molecule is O=[N+]([O-])c1ccc(O)c(C=Nc2c(Cl)cc(Cl)cc2Cl)c1. The molecule has 8 heteroatoms. The first-order valence-corrected chi connectivity index (χ1v) is 6.68. The summed E-state index contributed by atoms with van der Waals surface area (Å²) in [4.78, 5) is 14.2. The molecule has 108 valence electrons. The Hall–Kier alpha value is -1.82. The van der Waals surface area contributed by atoms with Crippen LogP contribution in [0.2, 0.25) is 15.1 Å². The number of aromatic hydroxyl groups is 1. The predicted molar refractivity (Wildman–Crippen MR) is 83.5 cm³/mol. The summed E-state index contributed by atoms with van der Waals surface area (Å²) < 4.78 is 0. The van der Waals surface area contributed by atoms with Crippen molar-refractivity contribution in [2.75, 3.05) is 0 Å². The number of halogens is 3. The quantitative estimate of drug-likeness (QED) is 0.482. The van der Waals surface area contributed by atoms with Gasteiger partial charge in [0.15, 0.2) is 0 Å². The zero-order valence-electron chi connectivity index (χ0n) is 10.3. The molecule has 2 aromatic rings. The maximum absolute atomic E-state index is 10.7. The third kappa shape index (κ3) is 3.64. The topological polar surface area (TPSA) is 75.7 Å². The molecule has 0 amide bonds. The fourth-order valence-corrected chi connectivity index (χ4v) is 2.47. The second kappa shape index (κ2) is 6.30. The number of rotatable bonds is 3. The number of hydrogen-bond acceptors (Lipinski definition) is 4. The molecular weight excluding hydrogens is 339 g/mol. The molecule has 0 bridgehead atoms. The zero-order valence-corrected chi connectivity index (χ0v) is 12.5. The van der Waals surface area contributed by atoms with Crippen LogP contribution in [0.15, 0.2) is 35.3 Å². The fourth-order valence-electron chi connectivity index (χ4n) is 1.55. The largest absolute Gasteiger partial charge is 0.507 e. The molecule has 2 rings (SSSR count). The lowest BCUT2D eigenvalue weighted by Gasteiger charge is -2.03. The first kappa shape index (κ1) is 15.6. The van der Waals surface area contributed by atoms with E-state index in [4.69, 9.17) is 34.8 Å². The molecule has 0 saturated carbocycles. The number of phenols is 1. The van der Waals surface area contributed by atoms with Crippen LogP contribution in [-0.2, 0) is 0 Å². The van der Waals surface area contributed by atoms with Gasteiger partial charge in [-0.05, 0) is 18.2 Å². The van der Waals surface area contributed by atoms with Crippen LogP contribution in [0.25, 0.3) is 0 Å². The molecule has 0 unspecified atom stereocenters. The van der Waals surface area contributed by atoms with Crippen LogP contribution in [0.3, 0.4) is 0 Å². The Balaban J connectivity index is 2.42. The predicted octanol–water partition coefficient (Wildman–Crippen LogP) is 5.01. The Kier molecular flexibility index (Phi) is 4.67. The Labute approximate surface area is 134 Å². The summed E-state index contributed by atoms with van der Waals surface area (Å²) in [5, 5.41) is 21.2. The van der Waals surface area contributed by atoms with E-state index in [0.717, 1.165) is 0 Å². The van der Waals surface area contributed by atoms with Gasteiger partial charge in [0.2, 0.25) is 0 Å². The number of benzene rings is 2. The van der Waals surface area contributed by atoms with Crippen LogP contribution in [0, 0.1) is 10.1 Å². The van der Waals surface area contributed by atoms with Crippen LogP contribution in [-0.4, -0.2) is 16.2 Å². The van der Waals surface area contributed by atoms with Crippen molar-refractivity contribution < 1.29 is 10.0 Å². The molecule has 0 aliphatic carbocycles. The Morgan fingerprint density at radius 3 is 2.33 bits per heavy atom. The van der Waals surface area contributed by atoms with Crippen molar-refractivity contribution in [2.45, 2.75) is 0 Å². The first-order chi connectivity index (χ1) is 9.88. The molecule has 0 radical (unpaired) electrons. The standard InChI is InChI=1S/C13H7Cl3N2O3/c14-8-4-10(15)13(11(16)5-8)17-6-7-3-9(18(20)21)1-2-12(7)19/h1-6,19H. The van der Waals surface area contributed by atoms with E-state index < -0.39 is 4.92 Å². The molecule has 0 aliphatic heterocycles. The highest BCUT2D eigenvalue weighted by atomic mass is 35.5. The number of nitrogens with zero attached hydrogens (tertiary/aromatic N) is 2. The number of nitro benzene ring substituents is 1. The van der Waals surface area contributed by atoms with Crippen molar-refractivity contribution in [2.24, 2.45) is 4.99 Å². The van der Waals surface area contributed by atoms with E-state index in [2.05, 4.69) is 4.99 Å². The van der Waals surface area contributed by atoms with E-state index in [1.807, 2.05) is 0 Å². The number of hydrogen-bond donors (Lipinski definition) is 1. The zero-order chi connectivity index (χ0) is 15.6. The summed E-state index contributed by atoms with van der Waals surface area (Å²) in [7, 11) is 0. The van der Waals surface area contributed by atoms with E-state index in [9.17, 15) is 15.2 Å². The fraction of sp³-hybridized carbons (Fsp3) is 0. The number of aliphatic imine (C=N–C) groups is 1. The molecule has 0 atom stereocenters. The van der Waals surface area contributed by atoms with E-state index in [1.54, 1.807) is 0 Å². The lowest BCUT2D eigenvalue weighted by molar-refractivity contribution is -0.384. The highest BCUT2D eigenvalue weighted by molar-refractivity contribution is 6.41. The van der Waals surface area contributed by atoms with E-state index in [0.29, 0.717) is 5.02 Å². The van der Waals surface area contributed by atoms with Gasteiger partial charge in [-0.25, -0.2) is 0 Å². The summed E-state index contributed by atoms with van der Waals surface area (Å²) in [5.74, 6) is -0.148. The van der Waals surface area contributed by atoms with Gasteiger partial charge in [0, 0.05) is 28.9 Å². The Morgan fingerprint density at radius 2 is 1.76 bits per heavy atom. The highest BCUT2D eigenvalue weighted by Crippen LogP contribution is 2.36. The van der Waals surface area contributed by atoms with Crippen LogP contribution in [0.1, 0.15) is 5.56 Å². The van der Waals surface area contributed by atoms with E-state index in [1.165, 1.54) is 36.5 Å². The van der Waals surface area contributed by atoms with Gasteiger partial charge in [0.25, 0.3) is 5.69 Å². The Morgan fingerprint density at radius 1 is 1.14 bits per heavy atom. The van der Waals surface area contributed by atoms with Gasteiger partial charge >= 0.3 is 0 Å². The molecular formula is C13H7Cl3N2O3. The molecule has 0 saturated heterocycles. The third-order valence-electron chi connectivity index (χ3n) is 2.54. The minimum absolute atomic E-state index is 0.148. The van der Waals surface area contributed by atoms with Gasteiger partial charge < -0.3 is 5.11 Å². The van der Waals surface area contributed by atoms with Crippen molar-refractivity contribution in [1.29, 1.82) is 0 Å². The average Bonchev–Trinajstić information content (AvgIpc) is 2.39. The van der Waals surface area contributed by atoms with Gasteiger partial charge in [-0.2, -0.15) is 0 Å². The number of phenolic OH excluding ortho intramolecular Hbond substituents is 1. The molecule has 0 aliphatic rings. The van der Waals surface area contributed by atoms with Crippen molar-refractivity contribution in [3.63, 3.8) is 0 Å². The summed E-state index contributed by atoms with van der Waals surface area (Å²) in [6.07, 6.45) is 1.24. The molecule has 2 aromatic carbocycles. The van der Waals surface area contributed by atoms with Crippen molar-refractivity contribution in [3.05, 3.63) is 61.1 Å².